The number of benzene rings is 1. The van der Waals surface area contributed by atoms with Crippen LogP contribution in [0.1, 0.15) is 9.67 Å². The largest absolute Gasteiger partial charge is 0.451 e. The molecule has 0 saturated carbocycles. The second-order valence-electron chi connectivity index (χ2n) is 4.89. The Kier molecular flexibility index (Phi) is 6.45. The number of thiophene rings is 1. The quantitative estimate of drug-likeness (QED) is 0.547. The summed E-state index contributed by atoms with van der Waals surface area (Å²) in [6.07, 6.45) is 2.90. The normalized spacial score (nSPS) is 11.0. The number of carbonyl (C=O) groups excluding carboxylic acids is 2. The number of ether oxygens (including phenoxy) is 1. The van der Waals surface area contributed by atoms with Crippen molar-refractivity contribution in [2.24, 2.45) is 0 Å². The van der Waals surface area contributed by atoms with Crippen molar-refractivity contribution in [2.45, 2.75) is 4.90 Å². The molecule has 25 heavy (non-hydrogen) atoms. The fourth-order valence-corrected chi connectivity index (χ4v) is 3.68. The monoisotopic (exact) mass is 400 g/mol. The Bertz CT molecular complexity index is 877. The second-order valence-corrected chi connectivity index (χ2v) is 8.44. The van der Waals surface area contributed by atoms with Crippen molar-refractivity contribution in [1.82, 2.24) is 0 Å². The first-order valence-electron chi connectivity index (χ1n) is 6.95. The Morgan fingerprint density at radius 3 is 2.72 bits per heavy atom. The number of hydrogen-bond acceptors (Lipinski definition) is 7. The highest BCUT2D eigenvalue weighted by Crippen LogP contribution is 2.24. The first-order chi connectivity index (χ1) is 11.8. The molecule has 7 nitrogen and oxygen atoms in total. The zero-order valence-corrected chi connectivity index (χ0v) is 15.9. The van der Waals surface area contributed by atoms with Gasteiger partial charge in [-0.3, -0.25) is 9.52 Å². The maximum Gasteiger partial charge on any atom is 0.350 e. The van der Waals surface area contributed by atoms with E-state index in [1.54, 1.807) is 29.3 Å². The smallest absolute Gasteiger partial charge is 0.350 e. The van der Waals surface area contributed by atoms with Crippen LogP contribution in [0.2, 0.25) is 0 Å². The summed E-state index contributed by atoms with van der Waals surface area (Å²) < 4.78 is 29.7. The van der Waals surface area contributed by atoms with E-state index < -0.39 is 28.5 Å². The summed E-state index contributed by atoms with van der Waals surface area (Å²) in [5.41, 5.74) is 0.731. The van der Waals surface area contributed by atoms with Gasteiger partial charge in [0.25, 0.3) is 5.91 Å². The van der Waals surface area contributed by atoms with Crippen molar-refractivity contribution in [1.29, 1.82) is 0 Å². The molecule has 0 atom stereocenters. The Morgan fingerprint density at radius 2 is 2.04 bits per heavy atom. The predicted octanol–water partition coefficient (Wildman–Crippen LogP) is 2.64. The van der Waals surface area contributed by atoms with Crippen molar-refractivity contribution in [3.63, 3.8) is 0 Å². The molecule has 1 heterocycles. The highest BCUT2D eigenvalue weighted by atomic mass is 32.2. The summed E-state index contributed by atoms with van der Waals surface area (Å²) in [6, 6.07) is 8.70. The summed E-state index contributed by atoms with van der Waals surface area (Å²) in [6.45, 7) is -0.474. The fourth-order valence-electron chi connectivity index (χ4n) is 1.84. The van der Waals surface area contributed by atoms with Crippen LogP contribution in [0.25, 0.3) is 0 Å². The Morgan fingerprint density at radius 1 is 1.28 bits per heavy atom. The molecule has 0 aliphatic heterocycles. The SMILES string of the molecule is CSc1cccc(NC(=O)COC(=O)c2sccc2NS(C)(=O)=O)c1. The Hall–Kier alpha value is -2.04. The zero-order valence-electron chi connectivity index (χ0n) is 13.4. The van der Waals surface area contributed by atoms with Gasteiger partial charge in [-0.15, -0.1) is 23.1 Å². The van der Waals surface area contributed by atoms with Gasteiger partial charge in [-0.05, 0) is 35.9 Å². The van der Waals surface area contributed by atoms with Crippen LogP contribution in [-0.4, -0.2) is 39.4 Å². The third-order valence-corrected chi connectivity index (χ3v) is 5.04. The molecule has 0 aliphatic carbocycles. The third kappa shape index (κ3) is 6.07. The summed E-state index contributed by atoms with van der Waals surface area (Å²) in [5, 5.41) is 4.19. The molecule has 0 saturated heterocycles. The van der Waals surface area contributed by atoms with Crippen molar-refractivity contribution >= 4 is 56.4 Å². The van der Waals surface area contributed by atoms with E-state index in [0.717, 1.165) is 22.5 Å². The van der Waals surface area contributed by atoms with E-state index in [1.807, 2.05) is 18.4 Å². The fraction of sp³-hybridized carbons (Fsp3) is 0.200. The van der Waals surface area contributed by atoms with Crippen molar-refractivity contribution in [2.75, 3.05) is 29.2 Å². The van der Waals surface area contributed by atoms with Gasteiger partial charge >= 0.3 is 5.97 Å². The van der Waals surface area contributed by atoms with E-state index in [9.17, 15) is 18.0 Å². The molecule has 0 bridgehead atoms. The first kappa shape index (κ1) is 19.3. The van der Waals surface area contributed by atoms with E-state index in [0.29, 0.717) is 5.69 Å². The van der Waals surface area contributed by atoms with Crippen LogP contribution >= 0.6 is 23.1 Å². The molecule has 1 amide bonds. The highest BCUT2D eigenvalue weighted by molar-refractivity contribution is 7.98. The summed E-state index contributed by atoms with van der Waals surface area (Å²) in [7, 11) is -3.51. The summed E-state index contributed by atoms with van der Waals surface area (Å²) in [5.74, 6) is -1.25. The van der Waals surface area contributed by atoms with Crippen LogP contribution in [0, 0.1) is 0 Å². The molecule has 2 N–H and O–H groups in total. The molecular formula is C15H16N2O5S3. The second kappa shape index (κ2) is 8.37. The van der Waals surface area contributed by atoms with Crippen LogP contribution in [0.4, 0.5) is 11.4 Å². The molecule has 134 valence electrons. The molecule has 1 aromatic carbocycles. The number of carbonyl (C=O) groups is 2. The summed E-state index contributed by atoms with van der Waals surface area (Å²) >= 11 is 2.56. The lowest BCUT2D eigenvalue weighted by molar-refractivity contribution is -0.119. The lowest BCUT2D eigenvalue weighted by atomic mass is 10.3. The zero-order chi connectivity index (χ0) is 18.4. The van der Waals surface area contributed by atoms with Gasteiger partial charge in [0.15, 0.2) is 6.61 Å². The molecule has 0 unspecified atom stereocenters. The molecule has 0 fully saturated rings. The molecule has 0 spiro atoms. The number of thioether (sulfide) groups is 1. The van der Waals surface area contributed by atoms with Crippen molar-refractivity contribution in [3.8, 4) is 0 Å². The van der Waals surface area contributed by atoms with Crippen LogP contribution in [-0.2, 0) is 19.6 Å². The predicted molar refractivity (Wildman–Crippen MR) is 99.9 cm³/mol. The standard InChI is InChI=1S/C15H16N2O5S3/c1-23-11-5-3-4-10(8-11)16-13(18)9-22-15(19)14-12(6-7-24-14)17-25(2,20)21/h3-8,17H,9H2,1-2H3,(H,16,18). The average Bonchev–Trinajstić information content (AvgIpc) is 2.99. The number of sulfonamides is 1. The van der Waals surface area contributed by atoms with Gasteiger partial charge in [0, 0.05) is 10.6 Å². The lowest BCUT2D eigenvalue weighted by Gasteiger charge is -2.08. The summed E-state index contributed by atoms with van der Waals surface area (Å²) in [4.78, 5) is 25.0. The Balaban J connectivity index is 1.93. The number of rotatable bonds is 7. The van der Waals surface area contributed by atoms with Crippen molar-refractivity contribution in [3.05, 3.63) is 40.6 Å². The van der Waals surface area contributed by atoms with Gasteiger partial charge in [-0.25, -0.2) is 13.2 Å². The van der Waals surface area contributed by atoms with Crippen LogP contribution in [0.5, 0.6) is 0 Å². The number of hydrogen-bond donors (Lipinski definition) is 2. The highest BCUT2D eigenvalue weighted by Gasteiger charge is 2.18. The molecule has 2 aromatic rings. The topological polar surface area (TPSA) is 102 Å². The van der Waals surface area contributed by atoms with E-state index in [2.05, 4.69) is 10.0 Å². The minimum Gasteiger partial charge on any atom is -0.451 e. The van der Waals surface area contributed by atoms with E-state index in [1.165, 1.54) is 6.07 Å². The Labute approximate surface area is 153 Å². The molecule has 1 aromatic heterocycles. The minimum atomic E-state index is -3.51. The van der Waals surface area contributed by atoms with E-state index in [-0.39, 0.29) is 10.6 Å². The maximum atomic E-state index is 12.0. The molecular weight excluding hydrogens is 384 g/mol. The van der Waals surface area contributed by atoms with Gasteiger partial charge in [0.1, 0.15) is 4.88 Å². The van der Waals surface area contributed by atoms with Crippen LogP contribution in [0.15, 0.2) is 40.6 Å². The molecule has 0 aliphatic rings. The number of nitrogens with one attached hydrogen (secondary N) is 2. The van der Waals surface area contributed by atoms with Crippen molar-refractivity contribution < 1.29 is 22.7 Å². The van der Waals surface area contributed by atoms with Crippen LogP contribution < -0.4 is 10.0 Å². The minimum absolute atomic E-state index is 0.0857. The van der Waals surface area contributed by atoms with E-state index in [4.69, 9.17) is 4.74 Å². The van der Waals surface area contributed by atoms with Gasteiger partial charge in [-0.1, -0.05) is 6.07 Å². The third-order valence-electron chi connectivity index (χ3n) is 2.83. The molecule has 0 radical (unpaired) electrons. The number of esters is 1. The van der Waals surface area contributed by atoms with Gasteiger partial charge in [-0.2, -0.15) is 0 Å². The maximum absolute atomic E-state index is 12.0. The average molecular weight is 401 g/mol. The number of amides is 1. The van der Waals surface area contributed by atoms with Gasteiger partial charge in [0.05, 0.1) is 11.9 Å². The lowest BCUT2D eigenvalue weighted by Crippen LogP contribution is -2.21. The van der Waals surface area contributed by atoms with Gasteiger partial charge in [0.2, 0.25) is 10.0 Å². The molecule has 2 rings (SSSR count). The van der Waals surface area contributed by atoms with Gasteiger partial charge < -0.3 is 10.1 Å². The molecule has 10 heteroatoms. The first-order valence-corrected chi connectivity index (χ1v) is 10.9. The van der Waals surface area contributed by atoms with E-state index >= 15 is 0 Å². The number of anilines is 2. The van der Waals surface area contributed by atoms with Crippen LogP contribution in [0.3, 0.4) is 0 Å².